The van der Waals surface area contributed by atoms with E-state index in [0.29, 0.717) is 6.54 Å². The molecule has 0 saturated carbocycles. The van der Waals surface area contributed by atoms with Crippen molar-refractivity contribution < 1.29 is 9.53 Å². The second kappa shape index (κ2) is 5.09. The lowest BCUT2D eigenvalue weighted by atomic mass is 10.3. The number of carbonyl (C=O) groups is 1. The molecule has 11 heavy (non-hydrogen) atoms. The number of carbonyl (C=O) groups excluding carboxylic acids is 1. The highest BCUT2D eigenvalue weighted by molar-refractivity contribution is 5.75. The van der Waals surface area contributed by atoms with Crippen LogP contribution in [0.15, 0.2) is 0 Å². The predicted molar refractivity (Wildman–Crippen MR) is 43.1 cm³/mol. The van der Waals surface area contributed by atoms with E-state index in [2.05, 4.69) is 5.32 Å². The van der Waals surface area contributed by atoms with E-state index in [9.17, 15) is 4.79 Å². The number of rotatable bonds is 4. The minimum atomic E-state index is -0.553. The lowest BCUT2D eigenvalue weighted by molar-refractivity contribution is -0.148. The third kappa shape index (κ3) is 4.75. The van der Waals surface area contributed by atoms with Crippen LogP contribution in [0.1, 0.15) is 13.8 Å². The maximum absolute atomic E-state index is 11.0. The van der Waals surface area contributed by atoms with Gasteiger partial charge in [0.25, 0.3) is 0 Å². The predicted octanol–water partition coefficient (Wildman–Crippen LogP) is -0.515. The maximum atomic E-state index is 11.0. The second-order valence-corrected chi connectivity index (χ2v) is 2.65. The molecule has 0 rings (SSSR count). The Kier molecular flexibility index (Phi) is 4.81. The number of likely N-dealkylation sites (N-methyl/N-ethyl adjacent to an activating group) is 1. The summed E-state index contributed by atoms with van der Waals surface area (Å²) < 4.78 is 4.86. The summed E-state index contributed by atoms with van der Waals surface area (Å²) in [5.41, 5.74) is 5.44. The summed E-state index contributed by atoms with van der Waals surface area (Å²) in [6.45, 7) is 4.04. The number of ether oxygens (including phenoxy) is 1. The number of hydrogen-bond acceptors (Lipinski definition) is 4. The SMILES string of the molecule is CNC[C@H](N)C(=O)OC(C)C. The number of nitrogens with one attached hydrogen (secondary N) is 1. The summed E-state index contributed by atoms with van der Waals surface area (Å²) in [5, 5.41) is 2.80. The molecule has 0 aromatic carbocycles. The molecule has 0 bridgehead atoms. The Morgan fingerprint density at radius 2 is 2.18 bits per heavy atom. The van der Waals surface area contributed by atoms with Gasteiger partial charge in [0.05, 0.1) is 6.10 Å². The first kappa shape index (κ1) is 10.4. The summed E-state index contributed by atoms with van der Waals surface area (Å²) in [7, 11) is 1.74. The lowest BCUT2D eigenvalue weighted by Crippen LogP contribution is -2.41. The van der Waals surface area contributed by atoms with Gasteiger partial charge in [-0.3, -0.25) is 4.79 Å². The smallest absolute Gasteiger partial charge is 0.324 e. The molecular weight excluding hydrogens is 144 g/mol. The van der Waals surface area contributed by atoms with Crippen molar-refractivity contribution in [2.75, 3.05) is 13.6 Å². The topological polar surface area (TPSA) is 64.3 Å². The molecule has 0 saturated heterocycles. The Labute approximate surface area is 67.1 Å². The Bertz CT molecular complexity index is 126. The van der Waals surface area contributed by atoms with Gasteiger partial charge in [0.1, 0.15) is 6.04 Å². The summed E-state index contributed by atoms with van der Waals surface area (Å²) in [6, 6.07) is -0.553. The monoisotopic (exact) mass is 160 g/mol. The van der Waals surface area contributed by atoms with Gasteiger partial charge >= 0.3 is 5.97 Å². The van der Waals surface area contributed by atoms with Gasteiger partial charge in [0.15, 0.2) is 0 Å². The van der Waals surface area contributed by atoms with Gasteiger partial charge < -0.3 is 15.8 Å². The molecule has 3 N–H and O–H groups in total. The Morgan fingerprint density at radius 1 is 1.64 bits per heavy atom. The molecule has 0 aliphatic carbocycles. The van der Waals surface area contributed by atoms with Crippen molar-refractivity contribution in [3.8, 4) is 0 Å². The Morgan fingerprint density at radius 3 is 2.55 bits per heavy atom. The fourth-order valence-electron chi connectivity index (χ4n) is 0.623. The van der Waals surface area contributed by atoms with E-state index in [0.717, 1.165) is 0 Å². The van der Waals surface area contributed by atoms with E-state index in [4.69, 9.17) is 10.5 Å². The molecule has 4 nitrogen and oxygen atoms in total. The van der Waals surface area contributed by atoms with Crippen LogP contribution in [0.25, 0.3) is 0 Å². The quantitative estimate of drug-likeness (QED) is 0.543. The minimum Gasteiger partial charge on any atom is -0.462 e. The first-order valence-electron chi connectivity index (χ1n) is 3.68. The molecule has 0 heterocycles. The van der Waals surface area contributed by atoms with E-state index >= 15 is 0 Å². The first-order valence-corrected chi connectivity index (χ1v) is 3.68. The maximum Gasteiger partial charge on any atom is 0.324 e. The average molecular weight is 160 g/mol. The van der Waals surface area contributed by atoms with E-state index in [1.807, 2.05) is 0 Å². The van der Waals surface area contributed by atoms with Gasteiger partial charge in [-0.25, -0.2) is 0 Å². The van der Waals surface area contributed by atoms with E-state index < -0.39 is 6.04 Å². The third-order valence-corrected chi connectivity index (χ3v) is 1.08. The second-order valence-electron chi connectivity index (χ2n) is 2.65. The van der Waals surface area contributed by atoms with Gasteiger partial charge in [-0.15, -0.1) is 0 Å². The highest BCUT2D eigenvalue weighted by Gasteiger charge is 2.14. The van der Waals surface area contributed by atoms with Crippen molar-refractivity contribution in [1.82, 2.24) is 5.32 Å². The molecule has 0 amide bonds. The van der Waals surface area contributed by atoms with Gasteiger partial charge in [0, 0.05) is 6.54 Å². The average Bonchev–Trinajstić information content (AvgIpc) is 1.86. The molecule has 0 aliphatic heterocycles. The summed E-state index contributed by atoms with van der Waals surface area (Å²) in [6.07, 6.45) is -0.0922. The van der Waals surface area contributed by atoms with Gasteiger partial charge in [0.2, 0.25) is 0 Å². The number of esters is 1. The highest BCUT2D eigenvalue weighted by atomic mass is 16.5. The summed E-state index contributed by atoms with van der Waals surface area (Å²) in [5.74, 6) is -0.352. The van der Waals surface area contributed by atoms with Crippen molar-refractivity contribution >= 4 is 5.97 Å². The fraction of sp³-hybridized carbons (Fsp3) is 0.857. The zero-order valence-corrected chi connectivity index (χ0v) is 7.26. The molecule has 66 valence electrons. The number of hydrogen-bond donors (Lipinski definition) is 2. The van der Waals surface area contributed by atoms with Crippen LogP contribution in [0.3, 0.4) is 0 Å². The highest BCUT2D eigenvalue weighted by Crippen LogP contribution is 1.91. The minimum absolute atomic E-state index is 0.0922. The normalized spacial score (nSPS) is 13.2. The number of nitrogens with two attached hydrogens (primary N) is 1. The van der Waals surface area contributed by atoms with E-state index in [1.54, 1.807) is 20.9 Å². The molecule has 0 aromatic heterocycles. The van der Waals surface area contributed by atoms with Crippen LogP contribution in [0.4, 0.5) is 0 Å². The first-order chi connectivity index (χ1) is 5.07. The van der Waals surface area contributed by atoms with Crippen LogP contribution in [0, 0.1) is 0 Å². The van der Waals surface area contributed by atoms with Crippen LogP contribution in [0.2, 0.25) is 0 Å². The van der Waals surface area contributed by atoms with Crippen molar-refractivity contribution in [3.05, 3.63) is 0 Å². The van der Waals surface area contributed by atoms with Gasteiger partial charge in [-0.2, -0.15) is 0 Å². The molecule has 0 aliphatic rings. The lowest BCUT2D eigenvalue weighted by Gasteiger charge is -2.12. The Balaban J connectivity index is 3.64. The molecule has 4 heteroatoms. The van der Waals surface area contributed by atoms with Crippen LogP contribution in [0.5, 0.6) is 0 Å². The van der Waals surface area contributed by atoms with E-state index in [-0.39, 0.29) is 12.1 Å². The van der Waals surface area contributed by atoms with Crippen LogP contribution in [-0.4, -0.2) is 31.7 Å². The largest absolute Gasteiger partial charge is 0.462 e. The molecule has 0 spiro atoms. The Hall–Kier alpha value is -0.610. The van der Waals surface area contributed by atoms with Crippen LogP contribution >= 0.6 is 0 Å². The zero-order valence-electron chi connectivity index (χ0n) is 7.26. The van der Waals surface area contributed by atoms with Crippen LogP contribution in [-0.2, 0) is 9.53 Å². The standard InChI is InChI=1S/C7H16N2O2/c1-5(2)11-7(10)6(8)4-9-3/h5-6,9H,4,8H2,1-3H3/t6-/m0/s1. The molecule has 0 aromatic rings. The third-order valence-electron chi connectivity index (χ3n) is 1.08. The molecular formula is C7H16N2O2. The van der Waals surface area contributed by atoms with Crippen molar-refractivity contribution in [3.63, 3.8) is 0 Å². The van der Waals surface area contributed by atoms with Crippen molar-refractivity contribution in [2.45, 2.75) is 26.0 Å². The molecule has 0 radical (unpaired) electrons. The summed E-state index contributed by atoms with van der Waals surface area (Å²) in [4.78, 5) is 11.0. The van der Waals surface area contributed by atoms with Crippen LogP contribution < -0.4 is 11.1 Å². The zero-order chi connectivity index (χ0) is 8.85. The van der Waals surface area contributed by atoms with E-state index in [1.165, 1.54) is 0 Å². The van der Waals surface area contributed by atoms with Crippen molar-refractivity contribution in [1.29, 1.82) is 0 Å². The van der Waals surface area contributed by atoms with Gasteiger partial charge in [-0.1, -0.05) is 0 Å². The summed E-state index contributed by atoms with van der Waals surface area (Å²) >= 11 is 0. The molecule has 0 unspecified atom stereocenters. The van der Waals surface area contributed by atoms with Crippen molar-refractivity contribution in [2.24, 2.45) is 5.73 Å². The molecule has 0 fully saturated rings. The molecule has 1 atom stereocenters. The van der Waals surface area contributed by atoms with Gasteiger partial charge in [-0.05, 0) is 20.9 Å². The fourth-order valence-corrected chi connectivity index (χ4v) is 0.623.